The highest BCUT2D eigenvalue weighted by Crippen LogP contribution is 2.48. The maximum atomic E-state index is 5.97. The Bertz CT molecular complexity index is 646. The average molecular weight is 302 g/mol. The van der Waals surface area contributed by atoms with Crippen LogP contribution >= 0.6 is 11.6 Å². The Kier molecular flexibility index (Phi) is 3.62. The molecule has 21 heavy (non-hydrogen) atoms. The monoisotopic (exact) mass is 301 g/mol. The molecule has 1 aliphatic carbocycles. The van der Waals surface area contributed by atoms with Gasteiger partial charge in [0, 0.05) is 5.02 Å². The van der Waals surface area contributed by atoms with Gasteiger partial charge in [0.15, 0.2) is 5.82 Å². The third-order valence-electron chi connectivity index (χ3n) is 4.10. The predicted octanol–water partition coefficient (Wildman–Crippen LogP) is 4.66. The first-order chi connectivity index (χ1) is 10.00. The van der Waals surface area contributed by atoms with Crippen LogP contribution in [0.15, 0.2) is 30.3 Å². The number of anilines is 1. The lowest BCUT2D eigenvalue weighted by Gasteiger charge is -2.20. The fourth-order valence-electron chi connectivity index (χ4n) is 2.52. The molecule has 1 fully saturated rings. The summed E-state index contributed by atoms with van der Waals surface area (Å²) in [5, 5.41) is 13.1. The fraction of sp³-hybridized carbons (Fsp3) is 0.412. The molecule has 0 radical (unpaired) electrons. The number of aromatic nitrogens is 2. The van der Waals surface area contributed by atoms with Crippen LogP contribution in [0.3, 0.4) is 0 Å². The van der Waals surface area contributed by atoms with Crippen LogP contribution < -0.4 is 5.32 Å². The molecule has 0 unspecified atom stereocenters. The minimum absolute atomic E-state index is 0.00335. The van der Waals surface area contributed by atoms with Crippen LogP contribution in [0.5, 0.6) is 0 Å². The summed E-state index contributed by atoms with van der Waals surface area (Å²) in [6, 6.07) is 10.2. The first-order valence-corrected chi connectivity index (χ1v) is 7.76. The molecule has 1 heterocycles. The van der Waals surface area contributed by atoms with Crippen LogP contribution in [0.2, 0.25) is 5.02 Å². The molecule has 3 rings (SSSR count). The van der Waals surface area contributed by atoms with Crippen molar-refractivity contribution < 1.29 is 0 Å². The van der Waals surface area contributed by atoms with Gasteiger partial charge in [-0.2, -0.15) is 5.10 Å². The topological polar surface area (TPSA) is 37.8 Å². The first-order valence-electron chi connectivity index (χ1n) is 7.39. The van der Waals surface area contributed by atoms with Crippen LogP contribution in [-0.4, -0.2) is 10.2 Å². The van der Waals surface area contributed by atoms with Gasteiger partial charge in [0.2, 0.25) is 0 Å². The second-order valence-electron chi connectivity index (χ2n) is 6.17. The Morgan fingerprint density at radius 2 is 1.81 bits per heavy atom. The van der Waals surface area contributed by atoms with Gasteiger partial charge < -0.3 is 5.32 Å². The SMILES string of the molecule is Cc1cc(C(C)C)nnc1NC1(c2ccc(Cl)cc2)CC1. The van der Waals surface area contributed by atoms with Crippen molar-refractivity contribution in [3.05, 3.63) is 52.2 Å². The van der Waals surface area contributed by atoms with Crippen molar-refractivity contribution in [1.82, 2.24) is 10.2 Å². The minimum Gasteiger partial charge on any atom is -0.359 e. The molecule has 0 spiro atoms. The number of benzene rings is 1. The summed E-state index contributed by atoms with van der Waals surface area (Å²) in [6.45, 7) is 6.35. The Morgan fingerprint density at radius 1 is 1.14 bits per heavy atom. The Hall–Kier alpha value is -1.61. The highest BCUT2D eigenvalue weighted by atomic mass is 35.5. The lowest BCUT2D eigenvalue weighted by atomic mass is 10.0. The van der Waals surface area contributed by atoms with Crippen molar-refractivity contribution in [2.24, 2.45) is 0 Å². The van der Waals surface area contributed by atoms with Gasteiger partial charge in [-0.05, 0) is 55.0 Å². The van der Waals surface area contributed by atoms with E-state index in [9.17, 15) is 0 Å². The van der Waals surface area contributed by atoms with E-state index in [1.54, 1.807) is 0 Å². The summed E-state index contributed by atoms with van der Waals surface area (Å²) < 4.78 is 0. The molecule has 1 saturated carbocycles. The fourth-order valence-corrected chi connectivity index (χ4v) is 2.64. The molecule has 110 valence electrons. The number of nitrogens with zero attached hydrogens (tertiary/aromatic N) is 2. The van der Waals surface area contributed by atoms with Gasteiger partial charge in [-0.3, -0.25) is 0 Å². The van der Waals surface area contributed by atoms with Gasteiger partial charge in [-0.15, -0.1) is 5.10 Å². The number of hydrogen-bond acceptors (Lipinski definition) is 3. The third kappa shape index (κ3) is 2.88. The molecule has 0 saturated heterocycles. The van der Waals surface area contributed by atoms with Crippen LogP contribution in [-0.2, 0) is 5.54 Å². The van der Waals surface area contributed by atoms with E-state index in [4.69, 9.17) is 11.6 Å². The molecule has 4 heteroatoms. The van der Waals surface area contributed by atoms with Crippen molar-refractivity contribution in [3.63, 3.8) is 0 Å². The largest absolute Gasteiger partial charge is 0.359 e. The number of aryl methyl sites for hydroxylation is 1. The van der Waals surface area contributed by atoms with Crippen molar-refractivity contribution in [1.29, 1.82) is 0 Å². The van der Waals surface area contributed by atoms with E-state index in [-0.39, 0.29) is 5.54 Å². The molecule has 1 N–H and O–H groups in total. The maximum absolute atomic E-state index is 5.97. The molecule has 3 nitrogen and oxygen atoms in total. The van der Waals surface area contributed by atoms with Gasteiger partial charge in [0.25, 0.3) is 0 Å². The summed E-state index contributed by atoms with van der Waals surface area (Å²) in [5.74, 6) is 1.28. The lowest BCUT2D eigenvalue weighted by molar-refractivity contribution is 0.757. The molecule has 0 bridgehead atoms. The number of rotatable bonds is 4. The van der Waals surface area contributed by atoms with Crippen molar-refractivity contribution in [2.75, 3.05) is 5.32 Å². The van der Waals surface area contributed by atoms with Gasteiger partial charge in [0.05, 0.1) is 11.2 Å². The van der Waals surface area contributed by atoms with E-state index >= 15 is 0 Å². The molecule has 0 atom stereocenters. The van der Waals surface area contributed by atoms with E-state index in [0.717, 1.165) is 34.9 Å². The Morgan fingerprint density at radius 3 is 2.33 bits per heavy atom. The van der Waals surface area contributed by atoms with Crippen molar-refractivity contribution in [3.8, 4) is 0 Å². The zero-order valence-electron chi connectivity index (χ0n) is 12.7. The number of halogens is 1. The number of nitrogens with one attached hydrogen (secondary N) is 1. The van der Waals surface area contributed by atoms with Crippen LogP contribution in [0, 0.1) is 6.92 Å². The second kappa shape index (κ2) is 5.30. The van der Waals surface area contributed by atoms with E-state index in [2.05, 4.69) is 54.5 Å². The maximum Gasteiger partial charge on any atom is 0.152 e. The predicted molar refractivity (Wildman–Crippen MR) is 86.8 cm³/mol. The molecular formula is C17H20ClN3. The smallest absolute Gasteiger partial charge is 0.152 e. The second-order valence-corrected chi connectivity index (χ2v) is 6.61. The summed E-state index contributed by atoms with van der Waals surface area (Å²) in [4.78, 5) is 0. The highest BCUT2D eigenvalue weighted by molar-refractivity contribution is 6.30. The zero-order valence-corrected chi connectivity index (χ0v) is 13.4. The van der Waals surface area contributed by atoms with Crippen molar-refractivity contribution in [2.45, 2.75) is 45.1 Å². The molecular weight excluding hydrogens is 282 g/mol. The van der Waals surface area contributed by atoms with E-state index in [0.29, 0.717) is 5.92 Å². The molecule has 0 amide bonds. The highest BCUT2D eigenvalue weighted by Gasteiger charge is 2.44. The van der Waals surface area contributed by atoms with Gasteiger partial charge in [-0.1, -0.05) is 37.6 Å². The summed E-state index contributed by atoms with van der Waals surface area (Å²) in [5.41, 5.74) is 3.45. The minimum atomic E-state index is 0.00335. The zero-order chi connectivity index (χ0) is 15.0. The summed E-state index contributed by atoms with van der Waals surface area (Å²) in [6.07, 6.45) is 2.23. The van der Waals surface area contributed by atoms with E-state index < -0.39 is 0 Å². The molecule has 0 aliphatic heterocycles. The lowest BCUT2D eigenvalue weighted by Crippen LogP contribution is -2.20. The average Bonchev–Trinajstić information content (AvgIpc) is 3.22. The van der Waals surface area contributed by atoms with Crippen LogP contribution in [0.1, 0.15) is 49.4 Å². The van der Waals surface area contributed by atoms with Crippen LogP contribution in [0.25, 0.3) is 0 Å². The standard InChI is InChI=1S/C17H20ClN3/c1-11(2)15-10-12(3)16(21-20-15)19-17(8-9-17)13-4-6-14(18)7-5-13/h4-7,10-11H,8-9H2,1-3H3,(H,19,21). The molecule has 1 aliphatic rings. The summed E-state index contributed by atoms with van der Waals surface area (Å²) in [7, 11) is 0. The van der Waals surface area contributed by atoms with Crippen LogP contribution in [0.4, 0.5) is 5.82 Å². The quantitative estimate of drug-likeness (QED) is 0.892. The molecule has 1 aromatic carbocycles. The summed E-state index contributed by atoms with van der Waals surface area (Å²) >= 11 is 5.97. The molecule has 1 aromatic heterocycles. The van der Waals surface area contributed by atoms with Gasteiger partial charge >= 0.3 is 0 Å². The normalized spacial score (nSPS) is 16.0. The van der Waals surface area contributed by atoms with Gasteiger partial charge in [0.1, 0.15) is 0 Å². The van der Waals surface area contributed by atoms with E-state index in [1.807, 2.05) is 12.1 Å². The molecule has 2 aromatic rings. The van der Waals surface area contributed by atoms with E-state index in [1.165, 1.54) is 5.56 Å². The van der Waals surface area contributed by atoms with Gasteiger partial charge in [-0.25, -0.2) is 0 Å². The first kappa shape index (κ1) is 14.3. The number of hydrogen-bond donors (Lipinski definition) is 1. The Balaban J connectivity index is 1.85. The Labute approximate surface area is 130 Å². The third-order valence-corrected chi connectivity index (χ3v) is 4.35. The van der Waals surface area contributed by atoms with Crippen molar-refractivity contribution >= 4 is 17.4 Å².